The summed E-state index contributed by atoms with van der Waals surface area (Å²) in [6.07, 6.45) is 1.45. The van der Waals surface area contributed by atoms with E-state index in [2.05, 4.69) is 0 Å². The average molecular weight is 200 g/mol. The van der Waals surface area contributed by atoms with E-state index in [9.17, 15) is 9.59 Å². The van der Waals surface area contributed by atoms with E-state index in [1.807, 2.05) is 6.92 Å². The van der Waals surface area contributed by atoms with Gasteiger partial charge in [0.2, 0.25) is 11.8 Å². The van der Waals surface area contributed by atoms with Crippen LogP contribution in [0.25, 0.3) is 0 Å². The van der Waals surface area contributed by atoms with Crippen molar-refractivity contribution in [1.82, 2.24) is 9.80 Å². The fraction of sp³-hybridized carbons (Fsp3) is 0.800. The number of carbonyl (C=O) groups excluding carboxylic acids is 2. The molecule has 0 aliphatic heterocycles. The third kappa shape index (κ3) is 4.84. The summed E-state index contributed by atoms with van der Waals surface area (Å²) in [6, 6.07) is 0. The molecule has 0 heterocycles. The molecule has 0 saturated heterocycles. The van der Waals surface area contributed by atoms with E-state index in [-0.39, 0.29) is 11.8 Å². The summed E-state index contributed by atoms with van der Waals surface area (Å²) in [5.41, 5.74) is 0. The summed E-state index contributed by atoms with van der Waals surface area (Å²) in [6.45, 7) is 4.71. The molecule has 0 saturated carbocycles. The van der Waals surface area contributed by atoms with Crippen molar-refractivity contribution in [2.45, 2.75) is 26.7 Å². The standard InChI is InChI=1S/C10H20N2O2/c1-5-6-10(14)12(4)8-7-11(3)9(2)13/h5-8H2,1-4H3. The summed E-state index contributed by atoms with van der Waals surface area (Å²) in [4.78, 5) is 25.5. The fourth-order valence-electron chi connectivity index (χ4n) is 0.987. The number of amides is 2. The minimum atomic E-state index is 0.0290. The van der Waals surface area contributed by atoms with Crippen molar-refractivity contribution in [3.63, 3.8) is 0 Å². The molecule has 4 nitrogen and oxygen atoms in total. The van der Waals surface area contributed by atoms with Crippen molar-refractivity contribution in [2.75, 3.05) is 27.2 Å². The maximum Gasteiger partial charge on any atom is 0.222 e. The smallest absolute Gasteiger partial charge is 0.222 e. The SMILES string of the molecule is CCCC(=O)N(C)CCN(C)C(C)=O. The molecule has 14 heavy (non-hydrogen) atoms. The molecule has 0 unspecified atom stereocenters. The lowest BCUT2D eigenvalue weighted by atomic mass is 10.3. The van der Waals surface area contributed by atoms with E-state index in [0.717, 1.165) is 6.42 Å². The van der Waals surface area contributed by atoms with E-state index >= 15 is 0 Å². The molecule has 82 valence electrons. The van der Waals surface area contributed by atoms with Gasteiger partial charge in [-0.1, -0.05) is 6.92 Å². The Balaban J connectivity index is 3.78. The first-order chi connectivity index (χ1) is 6.49. The molecular weight excluding hydrogens is 180 g/mol. The Morgan fingerprint density at radius 2 is 1.57 bits per heavy atom. The predicted octanol–water partition coefficient (Wildman–Crippen LogP) is 0.723. The van der Waals surface area contributed by atoms with Gasteiger partial charge in [0.1, 0.15) is 0 Å². The van der Waals surface area contributed by atoms with Gasteiger partial charge in [0, 0.05) is 40.5 Å². The van der Waals surface area contributed by atoms with Gasteiger partial charge in [-0.15, -0.1) is 0 Å². The highest BCUT2D eigenvalue weighted by Gasteiger charge is 2.08. The molecule has 0 aromatic carbocycles. The van der Waals surface area contributed by atoms with Crippen LogP contribution in [0.15, 0.2) is 0 Å². The molecule has 0 spiro atoms. The first kappa shape index (κ1) is 12.9. The Labute approximate surface area is 85.9 Å². The second kappa shape index (κ2) is 6.40. The molecule has 0 N–H and O–H groups in total. The lowest BCUT2D eigenvalue weighted by Crippen LogP contribution is -2.36. The molecular formula is C10H20N2O2. The zero-order valence-corrected chi connectivity index (χ0v) is 9.54. The van der Waals surface area contributed by atoms with Gasteiger partial charge in [-0.05, 0) is 6.42 Å². The lowest BCUT2D eigenvalue weighted by Gasteiger charge is -2.21. The van der Waals surface area contributed by atoms with Crippen LogP contribution >= 0.6 is 0 Å². The van der Waals surface area contributed by atoms with Crippen molar-refractivity contribution in [3.8, 4) is 0 Å². The summed E-state index contributed by atoms with van der Waals surface area (Å²) < 4.78 is 0. The molecule has 0 rings (SSSR count). The largest absolute Gasteiger partial charge is 0.344 e. The van der Waals surface area contributed by atoms with Crippen LogP contribution in [0.2, 0.25) is 0 Å². The predicted molar refractivity (Wildman–Crippen MR) is 55.9 cm³/mol. The molecule has 0 aromatic heterocycles. The highest BCUT2D eigenvalue weighted by atomic mass is 16.2. The number of hydrogen-bond acceptors (Lipinski definition) is 2. The molecule has 0 radical (unpaired) electrons. The van der Waals surface area contributed by atoms with Gasteiger partial charge in [0.25, 0.3) is 0 Å². The Morgan fingerprint density at radius 1 is 1.07 bits per heavy atom. The van der Waals surface area contributed by atoms with Crippen LogP contribution in [0.3, 0.4) is 0 Å². The van der Waals surface area contributed by atoms with E-state index in [1.165, 1.54) is 6.92 Å². The molecule has 0 aromatic rings. The highest BCUT2D eigenvalue weighted by molar-refractivity contribution is 5.76. The van der Waals surface area contributed by atoms with Crippen molar-refractivity contribution >= 4 is 11.8 Å². The summed E-state index contributed by atoms with van der Waals surface area (Å²) in [5, 5.41) is 0. The van der Waals surface area contributed by atoms with Gasteiger partial charge in [-0.3, -0.25) is 9.59 Å². The second-order valence-electron chi connectivity index (χ2n) is 3.51. The van der Waals surface area contributed by atoms with Gasteiger partial charge >= 0.3 is 0 Å². The zero-order valence-electron chi connectivity index (χ0n) is 9.54. The first-order valence-electron chi connectivity index (χ1n) is 4.94. The fourth-order valence-corrected chi connectivity index (χ4v) is 0.987. The summed E-state index contributed by atoms with van der Waals surface area (Å²) >= 11 is 0. The minimum Gasteiger partial charge on any atom is -0.344 e. The zero-order chi connectivity index (χ0) is 11.1. The van der Waals surface area contributed by atoms with Crippen molar-refractivity contribution in [1.29, 1.82) is 0 Å². The molecule has 0 fully saturated rings. The van der Waals surface area contributed by atoms with Crippen molar-refractivity contribution in [2.24, 2.45) is 0 Å². The van der Waals surface area contributed by atoms with Crippen LogP contribution in [0.5, 0.6) is 0 Å². The Bertz CT molecular complexity index is 204. The number of nitrogens with zero attached hydrogens (tertiary/aromatic N) is 2. The van der Waals surface area contributed by atoms with Crippen LogP contribution < -0.4 is 0 Å². The van der Waals surface area contributed by atoms with Crippen molar-refractivity contribution < 1.29 is 9.59 Å². The third-order valence-electron chi connectivity index (χ3n) is 2.20. The van der Waals surface area contributed by atoms with E-state index in [0.29, 0.717) is 19.5 Å². The number of hydrogen-bond donors (Lipinski definition) is 0. The van der Waals surface area contributed by atoms with Crippen LogP contribution in [0, 0.1) is 0 Å². The Morgan fingerprint density at radius 3 is 2.00 bits per heavy atom. The highest BCUT2D eigenvalue weighted by Crippen LogP contribution is 1.95. The van der Waals surface area contributed by atoms with Gasteiger partial charge in [-0.25, -0.2) is 0 Å². The van der Waals surface area contributed by atoms with Gasteiger partial charge in [0.05, 0.1) is 0 Å². The number of carbonyl (C=O) groups is 2. The van der Waals surface area contributed by atoms with Crippen LogP contribution in [0.4, 0.5) is 0 Å². The minimum absolute atomic E-state index is 0.0290. The van der Waals surface area contributed by atoms with Gasteiger partial charge < -0.3 is 9.80 Å². The lowest BCUT2D eigenvalue weighted by molar-refractivity contribution is -0.132. The summed E-state index contributed by atoms with van der Waals surface area (Å²) in [5.74, 6) is 0.172. The molecule has 0 atom stereocenters. The maximum atomic E-state index is 11.3. The van der Waals surface area contributed by atoms with Crippen molar-refractivity contribution in [3.05, 3.63) is 0 Å². The number of likely N-dealkylation sites (N-methyl/N-ethyl adjacent to an activating group) is 2. The van der Waals surface area contributed by atoms with Crippen LogP contribution in [0.1, 0.15) is 26.7 Å². The van der Waals surface area contributed by atoms with Crippen LogP contribution in [-0.4, -0.2) is 48.8 Å². The van der Waals surface area contributed by atoms with E-state index in [1.54, 1.807) is 23.9 Å². The normalized spacial score (nSPS) is 9.71. The van der Waals surface area contributed by atoms with Gasteiger partial charge in [-0.2, -0.15) is 0 Å². The molecule has 0 bridgehead atoms. The van der Waals surface area contributed by atoms with Gasteiger partial charge in [0.15, 0.2) is 0 Å². The average Bonchev–Trinajstić information content (AvgIpc) is 2.13. The monoisotopic (exact) mass is 200 g/mol. The second-order valence-corrected chi connectivity index (χ2v) is 3.51. The third-order valence-corrected chi connectivity index (χ3v) is 2.20. The Kier molecular flexibility index (Phi) is 5.92. The number of rotatable bonds is 5. The molecule has 0 aliphatic carbocycles. The van der Waals surface area contributed by atoms with E-state index in [4.69, 9.17) is 0 Å². The molecule has 0 aliphatic rings. The van der Waals surface area contributed by atoms with Crippen LogP contribution in [-0.2, 0) is 9.59 Å². The topological polar surface area (TPSA) is 40.6 Å². The van der Waals surface area contributed by atoms with E-state index < -0.39 is 0 Å². The quantitative estimate of drug-likeness (QED) is 0.656. The molecule has 2 amide bonds. The first-order valence-corrected chi connectivity index (χ1v) is 4.94. The molecule has 4 heteroatoms. The Hall–Kier alpha value is -1.06. The maximum absolute atomic E-state index is 11.3. The summed E-state index contributed by atoms with van der Waals surface area (Å²) in [7, 11) is 3.51.